The predicted molar refractivity (Wildman–Crippen MR) is 72.6 cm³/mol. The Labute approximate surface area is 108 Å². The molecule has 0 aromatic heterocycles. The first-order valence-electron chi connectivity index (χ1n) is 6.18. The summed E-state index contributed by atoms with van der Waals surface area (Å²) < 4.78 is 0. The fourth-order valence-electron chi connectivity index (χ4n) is 1.79. The number of nitrogens with zero attached hydrogens (tertiary/aromatic N) is 1. The Kier molecular flexibility index (Phi) is 4.53. The molecule has 0 heterocycles. The molecule has 2 heteroatoms. The molecule has 0 fully saturated rings. The summed E-state index contributed by atoms with van der Waals surface area (Å²) in [5.41, 5.74) is 2.01. The van der Waals surface area contributed by atoms with Crippen LogP contribution in [0.3, 0.4) is 0 Å². The van der Waals surface area contributed by atoms with Crippen LogP contribution in [-0.2, 0) is 11.2 Å². The number of para-hydroxylation sites is 1. The Balaban J connectivity index is 1.73. The molecule has 1 radical (unpaired) electrons. The van der Waals surface area contributed by atoms with E-state index in [2.05, 4.69) is 17.4 Å². The highest BCUT2D eigenvalue weighted by atomic mass is 16.1. The van der Waals surface area contributed by atoms with Crippen molar-refractivity contribution in [3.63, 3.8) is 0 Å². The lowest BCUT2D eigenvalue weighted by molar-refractivity contribution is -0.120. The van der Waals surface area contributed by atoms with Crippen molar-refractivity contribution in [3.8, 4) is 0 Å². The summed E-state index contributed by atoms with van der Waals surface area (Å²) in [7, 11) is 0. The van der Waals surface area contributed by atoms with Crippen LogP contribution in [-0.4, -0.2) is 5.91 Å². The molecule has 18 heavy (non-hydrogen) atoms. The molecular weight excluding hydrogens is 222 g/mol. The van der Waals surface area contributed by atoms with Gasteiger partial charge in [0.25, 0.3) is 0 Å². The molecule has 0 aliphatic carbocycles. The maximum atomic E-state index is 11.6. The maximum Gasteiger partial charge on any atom is 0.246 e. The zero-order valence-corrected chi connectivity index (χ0v) is 10.3. The van der Waals surface area contributed by atoms with Crippen LogP contribution in [0.5, 0.6) is 0 Å². The molecule has 0 spiro atoms. The number of benzene rings is 2. The molecular formula is C16H16NO. The van der Waals surface area contributed by atoms with E-state index in [-0.39, 0.29) is 5.91 Å². The van der Waals surface area contributed by atoms with Gasteiger partial charge in [0.1, 0.15) is 0 Å². The average Bonchev–Trinajstić information content (AvgIpc) is 2.41. The summed E-state index contributed by atoms with van der Waals surface area (Å²) in [5, 5.41) is 4.05. The van der Waals surface area contributed by atoms with Crippen molar-refractivity contribution in [1.29, 1.82) is 0 Å². The maximum absolute atomic E-state index is 11.6. The van der Waals surface area contributed by atoms with Crippen molar-refractivity contribution in [2.45, 2.75) is 19.3 Å². The minimum atomic E-state index is -0.0443. The van der Waals surface area contributed by atoms with Crippen molar-refractivity contribution in [2.24, 2.45) is 0 Å². The van der Waals surface area contributed by atoms with E-state index in [4.69, 9.17) is 0 Å². The second-order valence-corrected chi connectivity index (χ2v) is 4.18. The Hall–Kier alpha value is -2.09. The highest BCUT2D eigenvalue weighted by Crippen LogP contribution is 2.08. The highest BCUT2D eigenvalue weighted by Gasteiger charge is 2.04. The summed E-state index contributed by atoms with van der Waals surface area (Å²) in [6.45, 7) is 0. The van der Waals surface area contributed by atoms with E-state index in [1.807, 2.05) is 48.5 Å². The summed E-state index contributed by atoms with van der Waals surface area (Å²) in [6, 6.07) is 19.6. The minimum Gasteiger partial charge on any atom is -0.273 e. The monoisotopic (exact) mass is 238 g/mol. The van der Waals surface area contributed by atoms with Crippen LogP contribution < -0.4 is 5.32 Å². The number of aryl methyl sites for hydroxylation is 1. The summed E-state index contributed by atoms with van der Waals surface area (Å²) in [6.07, 6.45) is 2.28. The van der Waals surface area contributed by atoms with Crippen LogP contribution in [0.15, 0.2) is 60.7 Å². The third kappa shape index (κ3) is 4.06. The number of rotatable bonds is 5. The van der Waals surface area contributed by atoms with Crippen LogP contribution in [0.25, 0.3) is 0 Å². The molecule has 0 N–H and O–H groups in total. The SMILES string of the molecule is O=C(CCCc1ccccc1)[N]c1ccccc1. The summed E-state index contributed by atoms with van der Waals surface area (Å²) >= 11 is 0. The minimum absolute atomic E-state index is 0.0443. The molecule has 0 saturated heterocycles. The van der Waals surface area contributed by atoms with Gasteiger partial charge in [-0.3, -0.25) is 4.79 Å². The molecule has 1 amide bonds. The molecule has 0 saturated carbocycles. The summed E-state index contributed by atoms with van der Waals surface area (Å²) in [5.74, 6) is -0.0443. The van der Waals surface area contributed by atoms with Gasteiger partial charge in [0.15, 0.2) is 0 Å². The first-order valence-corrected chi connectivity index (χ1v) is 6.18. The largest absolute Gasteiger partial charge is 0.273 e. The first-order chi connectivity index (χ1) is 8.84. The quantitative estimate of drug-likeness (QED) is 0.784. The Morgan fingerprint density at radius 2 is 1.50 bits per heavy atom. The van der Waals surface area contributed by atoms with E-state index in [1.54, 1.807) is 0 Å². The molecule has 0 atom stereocenters. The lowest BCUT2D eigenvalue weighted by Crippen LogP contribution is -2.10. The van der Waals surface area contributed by atoms with E-state index < -0.39 is 0 Å². The molecule has 2 aromatic carbocycles. The fourth-order valence-corrected chi connectivity index (χ4v) is 1.79. The van der Waals surface area contributed by atoms with E-state index >= 15 is 0 Å². The molecule has 91 valence electrons. The molecule has 2 aromatic rings. The van der Waals surface area contributed by atoms with E-state index in [0.29, 0.717) is 6.42 Å². The zero-order valence-electron chi connectivity index (χ0n) is 10.3. The van der Waals surface area contributed by atoms with Gasteiger partial charge in [-0.05, 0) is 30.5 Å². The van der Waals surface area contributed by atoms with Gasteiger partial charge in [-0.1, -0.05) is 48.5 Å². The number of carbonyl (C=O) groups is 1. The Morgan fingerprint density at radius 1 is 0.889 bits per heavy atom. The van der Waals surface area contributed by atoms with E-state index in [9.17, 15) is 4.79 Å². The molecule has 0 aliphatic heterocycles. The van der Waals surface area contributed by atoms with Crippen LogP contribution in [0.1, 0.15) is 18.4 Å². The topological polar surface area (TPSA) is 31.2 Å². The number of hydrogen-bond donors (Lipinski definition) is 0. The van der Waals surface area contributed by atoms with Crippen molar-refractivity contribution in [3.05, 3.63) is 66.2 Å². The van der Waals surface area contributed by atoms with Gasteiger partial charge < -0.3 is 0 Å². The van der Waals surface area contributed by atoms with Crippen LogP contribution in [0.2, 0.25) is 0 Å². The highest BCUT2D eigenvalue weighted by molar-refractivity contribution is 5.80. The third-order valence-electron chi connectivity index (χ3n) is 2.71. The number of amides is 1. The smallest absolute Gasteiger partial charge is 0.246 e. The molecule has 0 bridgehead atoms. The van der Waals surface area contributed by atoms with Gasteiger partial charge in [-0.15, -0.1) is 0 Å². The van der Waals surface area contributed by atoms with Gasteiger partial charge >= 0.3 is 0 Å². The Morgan fingerprint density at radius 3 is 2.17 bits per heavy atom. The van der Waals surface area contributed by atoms with Gasteiger partial charge in [-0.2, -0.15) is 0 Å². The van der Waals surface area contributed by atoms with Gasteiger partial charge in [0.2, 0.25) is 5.91 Å². The molecule has 2 rings (SSSR count). The van der Waals surface area contributed by atoms with Gasteiger partial charge in [-0.25, -0.2) is 5.32 Å². The molecule has 0 aliphatic rings. The van der Waals surface area contributed by atoms with Crippen molar-refractivity contribution < 1.29 is 4.79 Å². The number of carbonyl (C=O) groups excluding carboxylic acids is 1. The van der Waals surface area contributed by atoms with Crippen LogP contribution in [0, 0.1) is 0 Å². The Bertz CT molecular complexity index is 479. The lowest BCUT2D eigenvalue weighted by atomic mass is 10.1. The predicted octanol–water partition coefficient (Wildman–Crippen LogP) is 3.47. The second kappa shape index (κ2) is 6.60. The third-order valence-corrected chi connectivity index (χ3v) is 2.71. The normalized spacial score (nSPS) is 10.0. The average molecular weight is 238 g/mol. The van der Waals surface area contributed by atoms with Crippen molar-refractivity contribution in [1.82, 2.24) is 5.32 Å². The second-order valence-electron chi connectivity index (χ2n) is 4.18. The number of hydrogen-bond acceptors (Lipinski definition) is 1. The van der Waals surface area contributed by atoms with E-state index in [0.717, 1.165) is 18.5 Å². The van der Waals surface area contributed by atoms with Gasteiger partial charge in [0, 0.05) is 6.42 Å². The zero-order chi connectivity index (χ0) is 12.6. The van der Waals surface area contributed by atoms with Crippen LogP contribution >= 0.6 is 0 Å². The van der Waals surface area contributed by atoms with Crippen molar-refractivity contribution >= 4 is 11.6 Å². The fraction of sp³-hybridized carbons (Fsp3) is 0.188. The molecule has 0 unspecified atom stereocenters. The van der Waals surface area contributed by atoms with Crippen LogP contribution in [0.4, 0.5) is 5.69 Å². The lowest BCUT2D eigenvalue weighted by Gasteiger charge is -2.02. The van der Waals surface area contributed by atoms with Crippen molar-refractivity contribution in [2.75, 3.05) is 0 Å². The van der Waals surface area contributed by atoms with E-state index in [1.165, 1.54) is 5.56 Å². The summed E-state index contributed by atoms with van der Waals surface area (Å²) in [4.78, 5) is 11.6. The molecule has 2 nitrogen and oxygen atoms in total. The standard InChI is InChI=1S/C16H16NO/c18-16(17-15-11-5-2-6-12-15)13-7-10-14-8-3-1-4-9-14/h1-6,8-9,11-12H,7,10,13H2. The van der Waals surface area contributed by atoms with Gasteiger partial charge in [0.05, 0.1) is 5.69 Å². The first kappa shape index (κ1) is 12.4.